The van der Waals surface area contributed by atoms with Crippen molar-refractivity contribution in [3.63, 3.8) is 0 Å². The third kappa shape index (κ3) is 7.44. The van der Waals surface area contributed by atoms with E-state index in [-0.39, 0.29) is 13.0 Å². The number of nitrogens with one attached hydrogen (secondary N) is 1. The minimum Gasteiger partial charge on any atom is -0.481 e. The highest BCUT2D eigenvalue weighted by Gasteiger charge is 2.15. The Hall–Kier alpha value is -1.63. The van der Waals surface area contributed by atoms with Gasteiger partial charge in [0, 0.05) is 13.0 Å². The van der Waals surface area contributed by atoms with Gasteiger partial charge in [0.15, 0.2) is 0 Å². The zero-order valence-electron chi connectivity index (χ0n) is 8.23. The maximum absolute atomic E-state index is 11.1. The molecule has 0 rings (SSSR count). The van der Waals surface area contributed by atoms with Crippen LogP contribution in [0.15, 0.2) is 0 Å². The molecular formula is C8H15N3O4. The van der Waals surface area contributed by atoms with Crippen molar-refractivity contribution in [3.05, 3.63) is 0 Å². The van der Waals surface area contributed by atoms with Crippen molar-refractivity contribution in [1.29, 1.82) is 0 Å². The van der Waals surface area contributed by atoms with E-state index in [0.29, 0.717) is 6.42 Å². The molecule has 7 nitrogen and oxygen atoms in total. The number of amides is 2. The van der Waals surface area contributed by atoms with E-state index in [1.54, 1.807) is 0 Å². The number of hydrogen-bond donors (Lipinski definition) is 4. The van der Waals surface area contributed by atoms with Crippen LogP contribution in [0.5, 0.6) is 0 Å². The molecule has 0 aliphatic carbocycles. The summed E-state index contributed by atoms with van der Waals surface area (Å²) in [6, 6.07) is -1.06. The molecule has 15 heavy (non-hydrogen) atoms. The highest BCUT2D eigenvalue weighted by Crippen LogP contribution is 1.90. The summed E-state index contributed by atoms with van der Waals surface area (Å²) in [6.07, 6.45) is 0.178. The van der Waals surface area contributed by atoms with E-state index < -0.39 is 30.2 Å². The van der Waals surface area contributed by atoms with E-state index >= 15 is 0 Å². The molecule has 0 aromatic heterocycles. The average Bonchev–Trinajstić information content (AvgIpc) is 2.10. The van der Waals surface area contributed by atoms with Crippen molar-refractivity contribution >= 4 is 17.8 Å². The molecule has 0 aliphatic heterocycles. The highest BCUT2D eigenvalue weighted by molar-refractivity contribution is 5.85. The molecule has 0 heterocycles. The van der Waals surface area contributed by atoms with Gasteiger partial charge in [-0.2, -0.15) is 0 Å². The van der Waals surface area contributed by atoms with E-state index in [1.165, 1.54) is 0 Å². The summed E-state index contributed by atoms with van der Waals surface area (Å²) in [5.41, 5.74) is 10.2. The first-order chi connectivity index (χ1) is 6.93. The third-order valence-corrected chi connectivity index (χ3v) is 1.63. The number of carbonyl (C=O) groups is 3. The molecule has 86 valence electrons. The minimum atomic E-state index is -1.13. The Morgan fingerprint density at radius 1 is 1.33 bits per heavy atom. The first kappa shape index (κ1) is 13.4. The second-order valence-corrected chi connectivity index (χ2v) is 3.07. The largest absolute Gasteiger partial charge is 0.481 e. The number of carbonyl (C=O) groups excluding carboxylic acids is 2. The van der Waals surface area contributed by atoms with Gasteiger partial charge < -0.3 is 21.9 Å². The topological polar surface area (TPSA) is 136 Å². The van der Waals surface area contributed by atoms with Crippen molar-refractivity contribution in [2.75, 3.05) is 6.54 Å². The van der Waals surface area contributed by atoms with Crippen molar-refractivity contribution in [2.24, 2.45) is 11.5 Å². The summed E-state index contributed by atoms with van der Waals surface area (Å²) in [5, 5.41) is 10.8. The Morgan fingerprint density at radius 2 is 1.93 bits per heavy atom. The maximum atomic E-state index is 11.1. The Morgan fingerprint density at radius 3 is 2.40 bits per heavy atom. The molecule has 0 radical (unpaired) electrons. The molecule has 0 saturated heterocycles. The van der Waals surface area contributed by atoms with Crippen LogP contribution >= 0.6 is 0 Å². The molecule has 0 bridgehead atoms. The minimum absolute atomic E-state index is 0.175. The van der Waals surface area contributed by atoms with Crippen LogP contribution in [-0.4, -0.2) is 35.5 Å². The number of rotatable bonds is 7. The van der Waals surface area contributed by atoms with Crippen LogP contribution in [0.25, 0.3) is 0 Å². The molecule has 0 fully saturated rings. The summed E-state index contributed by atoms with van der Waals surface area (Å²) in [6.45, 7) is 0.259. The lowest BCUT2D eigenvalue weighted by Crippen LogP contribution is -2.42. The maximum Gasteiger partial charge on any atom is 0.305 e. The van der Waals surface area contributed by atoms with Crippen LogP contribution in [0.2, 0.25) is 0 Å². The van der Waals surface area contributed by atoms with Gasteiger partial charge in [0.05, 0.1) is 12.5 Å². The molecular weight excluding hydrogens is 202 g/mol. The summed E-state index contributed by atoms with van der Waals surface area (Å²) in [4.78, 5) is 31.7. The van der Waals surface area contributed by atoms with Crippen molar-refractivity contribution in [1.82, 2.24) is 5.32 Å². The molecule has 0 spiro atoms. The van der Waals surface area contributed by atoms with E-state index in [1.807, 2.05) is 0 Å². The van der Waals surface area contributed by atoms with Gasteiger partial charge in [0.2, 0.25) is 11.8 Å². The van der Waals surface area contributed by atoms with Crippen LogP contribution in [-0.2, 0) is 14.4 Å². The Labute approximate surface area is 86.8 Å². The van der Waals surface area contributed by atoms with E-state index in [2.05, 4.69) is 5.32 Å². The fourth-order valence-electron chi connectivity index (χ4n) is 0.886. The SMILES string of the molecule is NC(=O)CCCNC(=O)C(N)CC(=O)O. The number of carboxylic acids is 1. The summed E-state index contributed by atoms with van der Waals surface area (Å²) in [7, 11) is 0. The second kappa shape index (κ2) is 6.77. The lowest BCUT2D eigenvalue weighted by Gasteiger charge is -2.09. The number of primary amides is 1. The Kier molecular flexibility index (Phi) is 6.03. The zero-order chi connectivity index (χ0) is 11.8. The second-order valence-electron chi connectivity index (χ2n) is 3.07. The van der Waals surface area contributed by atoms with Crippen LogP contribution in [0, 0.1) is 0 Å². The molecule has 0 saturated carbocycles. The number of nitrogens with two attached hydrogens (primary N) is 2. The molecule has 7 heteroatoms. The highest BCUT2D eigenvalue weighted by atomic mass is 16.4. The summed E-state index contributed by atoms with van der Waals surface area (Å²) < 4.78 is 0. The predicted molar refractivity (Wildman–Crippen MR) is 51.7 cm³/mol. The number of aliphatic carboxylic acids is 1. The lowest BCUT2D eigenvalue weighted by atomic mass is 10.2. The van der Waals surface area contributed by atoms with Gasteiger partial charge in [-0.15, -0.1) is 0 Å². The summed E-state index contributed by atoms with van der Waals surface area (Å²) >= 11 is 0. The molecule has 6 N–H and O–H groups in total. The standard InChI is InChI=1S/C8H15N3O4/c9-5(4-7(13)14)8(15)11-3-1-2-6(10)12/h5H,1-4,9H2,(H2,10,12)(H,11,15)(H,13,14). The van der Waals surface area contributed by atoms with Crippen LogP contribution in [0.4, 0.5) is 0 Å². The van der Waals surface area contributed by atoms with Crippen LogP contribution < -0.4 is 16.8 Å². The van der Waals surface area contributed by atoms with E-state index in [4.69, 9.17) is 16.6 Å². The third-order valence-electron chi connectivity index (χ3n) is 1.63. The van der Waals surface area contributed by atoms with Gasteiger partial charge in [-0.05, 0) is 6.42 Å². The van der Waals surface area contributed by atoms with Gasteiger partial charge in [-0.1, -0.05) is 0 Å². The van der Waals surface area contributed by atoms with Crippen LogP contribution in [0.3, 0.4) is 0 Å². The number of hydrogen-bond acceptors (Lipinski definition) is 4. The fraction of sp³-hybridized carbons (Fsp3) is 0.625. The van der Waals surface area contributed by atoms with E-state index in [0.717, 1.165) is 0 Å². The zero-order valence-corrected chi connectivity index (χ0v) is 8.23. The predicted octanol–water partition coefficient (Wildman–Crippen LogP) is -1.83. The lowest BCUT2D eigenvalue weighted by molar-refractivity contribution is -0.139. The van der Waals surface area contributed by atoms with Crippen molar-refractivity contribution < 1.29 is 19.5 Å². The van der Waals surface area contributed by atoms with Gasteiger partial charge in [-0.25, -0.2) is 0 Å². The summed E-state index contributed by atoms with van der Waals surface area (Å²) in [5.74, 6) is -2.12. The van der Waals surface area contributed by atoms with Crippen LogP contribution in [0.1, 0.15) is 19.3 Å². The first-order valence-electron chi connectivity index (χ1n) is 4.47. The average molecular weight is 217 g/mol. The molecule has 0 aliphatic rings. The molecule has 0 aromatic carbocycles. The molecule has 2 amide bonds. The van der Waals surface area contributed by atoms with Gasteiger partial charge >= 0.3 is 5.97 Å². The normalized spacial score (nSPS) is 11.8. The smallest absolute Gasteiger partial charge is 0.305 e. The van der Waals surface area contributed by atoms with E-state index in [9.17, 15) is 14.4 Å². The Bertz CT molecular complexity index is 254. The fourth-order valence-corrected chi connectivity index (χ4v) is 0.886. The van der Waals surface area contributed by atoms with Gasteiger partial charge in [0.25, 0.3) is 0 Å². The Balaban J connectivity index is 3.64. The van der Waals surface area contributed by atoms with Gasteiger partial charge in [0.1, 0.15) is 0 Å². The molecule has 1 unspecified atom stereocenters. The quantitative estimate of drug-likeness (QED) is 0.372. The van der Waals surface area contributed by atoms with Crippen molar-refractivity contribution in [2.45, 2.75) is 25.3 Å². The first-order valence-corrected chi connectivity index (χ1v) is 4.47. The van der Waals surface area contributed by atoms with Crippen molar-refractivity contribution in [3.8, 4) is 0 Å². The molecule has 0 aromatic rings. The monoisotopic (exact) mass is 217 g/mol. The number of carboxylic acid groups (broad SMARTS) is 1. The molecule has 1 atom stereocenters. The van der Waals surface area contributed by atoms with Gasteiger partial charge in [-0.3, -0.25) is 14.4 Å².